The molecule has 2 amide bonds. The molecule has 2 aromatic heterocycles. The van der Waals surface area contributed by atoms with Crippen molar-refractivity contribution in [3.63, 3.8) is 0 Å². The first kappa shape index (κ1) is 31.0. The molecule has 1 aliphatic heterocycles. The summed E-state index contributed by atoms with van der Waals surface area (Å²) in [6.45, 7) is 7.32. The summed E-state index contributed by atoms with van der Waals surface area (Å²) in [7, 11) is 1.55. The summed E-state index contributed by atoms with van der Waals surface area (Å²) in [6.07, 6.45) is 6.25. The maximum Gasteiger partial charge on any atom is 0.412 e. The molecular weight excluding hydrogens is 572 g/mol. The van der Waals surface area contributed by atoms with Crippen LogP contribution in [0, 0.1) is 0 Å². The topological polar surface area (TPSA) is 143 Å². The van der Waals surface area contributed by atoms with Crippen molar-refractivity contribution >= 4 is 46.5 Å². The average Bonchev–Trinajstić information content (AvgIpc) is 3.01. The van der Waals surface area contributed by atoms with Gasteiger partial charge in [0.1, 0.15) is 22.8 Å². The van der Waals surface area contributed by atoms with Crippen LogP contribution < -0.4 is 30.9 Å². The first-order valence-electron chi connectivity index (χ1n) is 14.9. The quantitative estimate of drug-likeness (QED) is 0.159. The maximum absolute atomic E-state index is 12.3. The molecule has 1 aliphatic rings. The summed E-state index contributed by atoms with van der Waals surface area (Å²) in [4.78, 5) is 40.0. The Bertz CT molecular complexity index is 1630. The van der Waals surface area contributed by atoms with Crippen LogP contribution in [0.25, 0.3) is 0 Å². The number of hydrogen-bond donors (Lipinski definition) is 4. The second-order valence-corrected chi connectivity index (χ2v) is 11.5. The molecule has 0 aliphatic carbocycles. The molecule has 3 heterocycles. The number of hydrogen-bond acceptors (Lipinski definition) is 10. The molecule has 1 saturated heterocycles. The SMILES string of the molecule is CNC(=O)c1cc(Oc2ccc(Nc3ncc(N4CCCCC4)c(Nc4cccc(NC(=O)OC(C)(C)C)c4)n3)cc2)ccn1. The zero-order chi connectivity index (χ0) is 31.8. The van der Waals surface area contributed by atoms with Crippen LogP contribution in [0.2, 0.25) is 0 Å². The summed E-state index contributed by atoms with van der Waals surface area (Å²) in [6, 6.07) is 18.0. The molecule has 0 unspecified atom stereocenters. The van der Waals surface area contributed by atoms with E-state index in [1.807, 2.05) is 69.4 Å². The first-order valence-corrected chi connectivity index (χ1v) is 14.9. The number of amides is 2. The molecule has 2 aromatic carbocycles. The lowest BCUT2D eigenvalue weighted by atomic mass is 10.1. The van der Waals surface area contributed by atoms with Gasteiger partial charge in [-0.15, -0.1) is 0 Å². The van der Waals surface area contributed by atoms with Gasteiger partial charge in [0, 0.05) is 49.5 Å². The third-order valence-corrected chi connectivity index (χ3v) is 6.77. The molecular formula is C33H38N8O4. The van der Waals surface area contributed by atoms with E-state index in [9.17, 15) is 9.59 Å². The molecule has 0 spiro atoms. The lowest BCUT2D eigenvalue weighted by molar-refractivity contribution is 0.0635. The number of nitrogens with zero attached hydrogens (tertiary/aromatic N) is 4. The fourth-order valence-corrected chi connectivity index (χ4v) is 4.73. The average molecular weight is 611 g/mol. The van der Waals surface area contributed by atoms with Crippen LogP contribution in [0.3, 0.4) is 0 Å². The molecule has 0 radical (unpaired) electrons. The Labute approximate surface area is 262 Å². The first-order chi connectivity index (χ1) is 21.6. The third-order valence-electron chi connectivity index (χ3n) is 6.77. The van der Waals surface area contributed by atoms with Gasteiger partial charge in [-0.2, -0.15) is 4.98 Å². The summed E-state index contributed by atoms with van der Waals surface area (Å²) in [5, 5.41) is 12.0. The van der Waals surface area contributed by atoms with Crippen molar-refractivity contribution in [3.8, 4) is 11.5 Å². The van der Waals surface area contributed by atoms with E-state index in [2.05, 4.69) is 36.1 Å². The Kier molecular flexibility index (Phi) is 9.61. The number of carbonyl (C=O) groups excluding carboxylic acids is 2. The molecule has 5 rings (SSSR count). The van der Waals surface area contributed by atoms with E-state index in [1.54, 1.807) is 25.2 Å². The summed E-state index contributed by atoms with van der Waals surface area (Å²) in [5.74, 6) is 1.87. The second-order valence-electron chi connectivity index (χ2n) is 11.5. The highest BCUT2D eigenvalue weighted by Crippen LogP contribution is 2.32. The molecule has 4 N–H and O–H groups in total. The van der Waals surface area contributed by atoms with Crippen LogP contribution in [-0.2, 0) is 4.74 Å². The van der Waals surface area contributed by atoms with Crippen LogP contribution in [0.4, 0.5) is 39.3 Å². The van der Waals surface area contributed by atoms with Gasteiger partial charge >= 0.3 is 6.09 Å². The van der Waals surface area contributed by atoms with Gasteiger partial charge < -0.3 is 30.3 Å². The third kappa shape index (κ3) is 8.82. The fourth-order valence-electron chi connectivity index (χ4n) is 4.73. The van der Waals surface area contributed by atoms with Crippen molar-refractivity contribution in [1.29, 1.82) is 0 Å². The molecule has 12 heteroatoms. The number of carbonyl (C=O) groups is 2. The summed E-state index contributed by atoms with van der Waals surface area (Å²) in [5.41, 5.74) is 2.70. The van der Waals surface area contributed by atoms with Crippen molar-refractivity contribution in [1.82, 2.24) is 20.3 Å². The molecule has 12 nitrogen and oxygen atoms in total. The number of benzene rings is 2. The number of ether oxygens (including phenoxy) is 2. The molecule has 45 heavy (non-hydrogen) atoms. The zero-order valence-corrected chi connectivity index (χ0v) is 25.9. The van der Waals surface area contributed by atoms with Gasteiger partial charge in [-0.3, -0.25) is 15.1 Å². The minimum atomic E-state index is -0.599. The molecule has 234 valence electrons. The number of nitrogens with one attached hydrogen (secondary N) is 4. The molecule has 0 bridgehead atoms. The predicted molar refractivity (Wildman–Crippen MR) is 175 cm³/mol. The van der Waals surface area contributed by atoms with E-state index in [4.69, 9.17) is 14.5 Å². The Morgan fingerprint density at radius 1 is 0.844 bits per heavy atom. The predicted octanol–water partition coefficient (Wildman–Crippen LogP) is 6.85. The van der Waals surface area contributed by atoms with Gasteiger partial charge in [0.05, 0.1) is 11.9 Å². The highest BCUT2D eigenvalue weighted by atomic mass is 16.6. The lowest BCUT2D eigenvalue weighted by Crippen LogP contribution is -2.30. The largest absolute Gasteiger partial charge is 0.457 e. The Morgan fingerprint density at radius 3 is 2.33 bits per heavy atom. The maximum atomic E-state index is 12.3. The van der Waals surface area contributed by atoms with Gasteiger partial charge in [0.25, 0.3) is 5.91 Å². The molecule has 1 fully saturated rings. The monoisotopic (exact) mass is 610 g/mol. The second kappa shape index (κ2) is 13.9. The highest BCUT2D eigenvalue weighted by Gasteiger charge is 2.19. The van der Waals surface area contributed by atoms with Crippen LogP contribution in [0.1, 0.15) is 50.5 Å². The van der Waals surface area contributed by atoms with Crippen LogP contribution >= 0.6 is 0 Å². The van der Waals surface area contributed by atoms with Gasteiger partial charge in [-0.25, -0.2) is 9.78 Å². The normalized spacial score (nSPS) is 13.0. The van der Waals surface area contributed by atoms with Crippen LogP contribution in [-0.4, -0.2) is 52.7 Å². The van der Waals surface area contributed by atoms with E-state index in [-0.39, 0.29) is 11.6 Å². The van der Waals surface area contributed by atoms with Crippen molar-refractivity contribution in [2.75, 3.05) is 41.0 Å². The van der Waals surface area contributed by atoms with E-state index >= 15 is 0 Å². The Hall–Kier alpha value is -5.39. The Morgan fingerprint density at radius 2 is 1.60 bits per heavy atom. The van der Waals surface area contributed by atoms with E-state index < -0.39 is 11.7 Å². The molecule has 0 atom stereocenters. The zero-order valence-electron chi connectivity index (χ0n) is 25.9. The van der Waals surface area contributed by atoms with E-state index in [1.165, 1.54) is 12.6 Å². The number of piperidine rings is 1. The number of aromatic nitrogens is 3. The van der Waals surface area contributed by atoms with Crippen molar-refractivity contribution in [2.45, 2.75) is 45.6 Å². The lowest BCUT2D eigenvalue weighted by Gasteiger charge is -2.30. The van der Waals surface area contributed by atoms with Crippen molar-refractivity contribution in [2.24, 2.45) is 0 Å². The van der Waals surface area contributed by atoms with Gasteiger partial charge in [0.2, 0.25) is 5.95 Å². The smallest absolute Gasteiger partial charge is 0.412 e. The summed E-state index contributed by atoms with van der Waals surface area (Å²) >= 11 is 0. The minimum Gasteiger partial charge on any atom is -0.457 e. The van der Waals surface area contributed by atoms with Crippen LogP contribution in [0.15, 0.2) is 73.1 Å². The summed E-state index contributed by atoms with van der Waals surface area (Å²) < 4.78 is 11.3. The Balaban J connectivity index is 1.32. The van der Waals surface area contributed by atoms with Crippen LogP contribution in [0.5, 0.6) is 11.5 Å². The van der Waals surface area contributed by atoms with E-state index in [0.717, 1.165) is 43.0 Å². The highest BCUT2D eigenvalue weighted by molar-refractivity contribution is 5.92. The molecule has 4 aromatic rings. The molecule has 0 saturated carbocycles. The van der Waals surface area contributed by atoms with Gasteiger partial charge in [0.15, 0.2) is 5.82 Å². The van der Waals surface area contributed by atoms with E-state index in [0.29, 0.717) is 29.0 Å². The minimum absolute atomic E-state index is 0.272. The van der Waals surface area contributed by atoms with Gasteiger partial charge in [-0.05, 0) is 88.6 Å². The number of pyridine rings is 1. The van der Waals surface area contributed by atoms with Crippen molar-refractivity contribution in [3.05, 3.63) is 78.8 Å². The van der Waals surface area contributed by atoms with Crippen molar-refractivity contribution < 1.29 is 19.1 Å². The van der Waals surface area contributed by atoms with Gasteiger partial charge in [-0.1, -0.05) is 6.07 Å². The fraction of sp³-hybridized carbons (Fsp3) is 0.303. The number of rotatable bonds is 9. The standard InChI is InChI=1S/C33H38N8O4/c1-33(2,3)45-32(43)39-24-10-8-9-23(19-24)37-29-28(41-17-6-5-7-18-41)21-36-31(40-29)38-22-11-13-25(14-12-22)44-26-15-16-35-27(20-26)30(42)34-4/h8-16,19-21H,5-7,17-18H2,1-4H3,(H,34,42)(H,39,43)(H2,36,37,38,40). The number of anilines is 6.